The molecule has 0 radical (unpaired) electrons. The van der Waals surface area contributed by atoms with E-state index in [1.165, 1.54) is 11.8 Å². The van der Waals surface area contributed by atoms with Gasteiger partial charge in [-0.2, -0.15) is 5.26 Å². The van der Waals surface area contributed by atoms with Crippen molar-refractivity contribution in [2.24, 2.45) is 0 Å². The van der Waals surface area contributed by atoms with Crippen molar-refractivity contribution in [3.05, 3.63) is 52.7 Å². The van der Waals surface area contributed by atoms with Crippen LogP contribution in [0.15, 0.2) is 35.5 Å². The molecule has 1 aliphatic rings. The number of morpholine rings is 1. The fraction of sp³-hybridized carbons (Fsp3) is 0.417. The summed E-state index contributed by atoms with van der Waals surface area (Å²) in [5.74, 6) is 1.33. The van der Waals surface area contributed by atoms with Crippen LogP contribution in [0.2, 0.25) is 0 Å². The van der Waals surface area contributed by atoms with E-state index in [0.29, 0.717) is 42.8 Å². The van der Waals surface area contributed by atoms with E-state index in [1.54, 1.807) is 0 Å². The number of rotatable bonds is 8. The van der Waals surface area contributed by atoms with Gasteiger partial charge in [-0.05, 0) is 31.9 Å². The molecule has 4 rings (SSSR count). The van der Waals surface area contributed by atoms with Crippen molar-refractivity contribution >= 4 is 29.4 Å². The predicted octanol–water partition coefficient (Wildman–Crippen LogP) is 3.20. The first-order valence-corrected chi connectivity index (χ1v) is 12.3. The molecular formula is C24H29N7O2S. The molecule has 1 N–H and O–H groups in total. The van der Waals surface area contributed by atoms with Crippen LogP contribution in [0.4, 0.5) is 11.8 Å². The fourth-order valence-corrected chi connectivity index (χ4v) is 4.85. The normalized spacial score (nSPS) is 13.6. The van der Waals surface area contributed by atoms with Crippen LogP contribution in [0, 0.1) is 25.2 Å². The van der Waals surface area contributed by atoms with Crippen LogP contribution in [0.3, 0.4) is 0 Å². The van der Waals surface area contributed by atoms with E-state index in [1.807, 2.05) is 60.2 Å². The van der Waals surface area contributed by atoms with Crippen molar-refractivity contribution in [3.8, 4) is 6.07 Å². The average molecular weight is 480 g/mol. The van der Waals surface area contributed by atoms with Gasteiger partial charge in [0, 0.05) is 31.9 Å². The molecule has 2 aromatic heterocycles. The number of hydrogen-bond acceptors (Lipinski definition) is 7. The van der Waals surface area contributed by atoms with Gasteiger partial charge in [-0.1, -0.05) is 42.1 Å². The molecule has 34 heavy (non-hydrogen) atoms. The number of hydrogen-bond donors (Lipinski definition) is 1. The van der Waals surface area contributed by atoms with Crippen molar-refractivity contribution in [1.82, 2.24) is 19.3 Å². The minimum Gasteiger partial charge on any atom is -0.378 e. The Morgan fingerprint density at radius 3 is 2.59 bits per heavy atom. The van der Waals surface area contributed by atoms with Gasteiger partial charge in [0.2, 0.25) is 11.9 Å². The summed E-state index contributed by atoms with van der Waals surface area (Å²) >= 11 is 1.35. The molecule has 0 spiro atoms. The molecule has 3 aromatic rings. The molecule has 1 aromatic carbocycles. The number of nitriles is 1. The molecule has 1 saturated heterocycles. The minimum absolute atomic E-state index is 0.167. The topological polar surface area (TPSA) is 101 Å². The third-order valence-corrected chi connectivity index (χ3v) is 6.99. The zero-order chi connectivity index (χ0) is 24.1. The maximum atomic E-state index is 12.9. The Labute approximate surface area is 203 Å². The smallest absolute Gasteiger partial charge is 0.235 e. The number of aromatic nitrogens is 4. The van der Waals surface area contributed by atoms with Crippen molar-refractivity contribution < 1.29 is 9.53 Å². The Hall–Kier alpha value is -3.29. The monoisotopic (exact) mass is 479 g/mol. The maximum Gasteiger partial charge on any atom is 0.235 e. The highest BCUT2D eigenvalue weighted by molar-refractivity contribution is 7.99. The second-order valence-electron chi connectivity index (χ2n) is 8.08. The second kappa shape index (κ2) is 10.8. The van der Waals surface area contributed by atoms with Crippen LogP contribution >= 0.6 is 11.8 Å². The molecule has 1 aliphatic heterocycles. The molecule has 0 unspecified atom stereocenters. The van der Waals surface area contributed by atoms with Gasteiger partial charge >= 0.3 is 0 Å². The lowest BCUT2D eigenvalue weighted by molar-refractivity contribution is -0.113. The van der Waals surface area contributed by atoms with Gasteiger partial charge in [0.15, 0.2) is 5.16 Å². The minimum atomic E-state index is -0.188. The van der Waals surface area contributed by atoms with E-state index in [0.717, 1.165) is 35.9 Å². The number of nitrogens with zero attached hydrogens (tertiary/aromatic N) is 6. The van der Waals surface area contributed by atoms with Gasteiger partial charge in [0.05, 0.1) is 24.5 Å². The third-order valence-electron chi connectivity index (χ3n) is 6.02. The van der Waals surface area contributed by atoms with Gasteiger partial charge in [0.25, 0.3) is 0 Å². The van der Waals surface area contributed by atoms with Gasteiger partial charge in [-0.3, -0.25) is 9.36 Å². The molecular weight excluding hydrogens is 450 g/mol. The summed E-state index contributed by atoms with van der Waals surface area (Å²) < 4.78 is 9.45. The number of nitrogens with one attached hydrogen (secondary N) is 1. The highest BCUT2D eigenvalue weighted by atomic mass is 32.2. The second-order valence-corrected chi connectivity index (χ2v) is 9.02. The number of carbonyl (C=O) groups is 1. The number of anilines is 2. The van der Waals surface area contributed by atoms with E-state index in [9.17, 15) is 10.1 Å². The highest BCUT2D eigenvalue weighted by Crippen LogP contribution is 2.28. The van der Waals surface area contributed by atoms with E-state index in [2.05, 4.69) is 26.5 Å². The molecule has 9 nitrogen and oxygen atoms in total. The Kier molecular flexibility index (Phi) is 7.55. The summed E-state index contributed by atoms with van der Waals surface area (Å²) in [6.07, 6.45) is 0. The Bertz CT molecular complexity index is 1190. The first-order valence-electron chi connectivity index (χ1n) is 11.4. The van der Waals surface area contributed by atoms with Crippen LogP contribution in [0.25, 0.3) is 0 Å². The summed E-state index contributed by atoms with van der Waals surface area (Å²) in [5, 5.41) is 22.1. The van der Waals surface area contributed by atoms with Gasteiger partial charge in [0.1, 0.15) is 11.9 Å². The fourth-order valence-electron chi connectivity index (χ4n) is 4.05. The molecule has 10 heteroatoms. The van der Waals surface area contributed by atoms with Crippen molar-refractivity contribution in [2.75, 3.05) is 42.3 Å². The quantitative estimate of drug-likeness (QED) is 0.495. The Balaban J connectivity index is 1.49. The average Bonchev–Trinajstić information content (AvgIpc) is 3.38. The van der Waals surface area contributed by atoms with Crippen molar-refractivity contribution in [2.45, 2.75) is 39.0 Å². The van der Waals surface area contributed by atoms with Crippen LogP contribution in [0.5, 0.6) is 0 Å². The lowest BCUT2D eigenvalue weighted by atomic mass is 10.2. The summed E-state index contributed by atoms with van der Waals surface area (Å²) in [7, 11) is 0. The largest absolute Gasteiger partial charge is 0.378 e. The van der Waals surface area contributed by atoms with E-state index in [4.69, 9.17) is 4.74 Å². The Morgan fingerprint density at radius 2 is 1.91 bits per heavy atom. The van der Waals surface area contributed by atoms with Crippen LogP contribution in [0.1, 0.15) is 29.3 Å². The Morgan fingerprint density at radius 1 is 1.18 bits per heavy atom. The summed E-state index contributed by atoms with van der Waals surface area (Å²) in [4.78, 5) is 15.1. The van der Waals surface area contributed by atoms with Gasteiger partial charge in [-0.15, -0.1) is 10.2 Å². The number of ether oxygens (including phenoxy) is 1. The first-order chi connectivity index (χ1) is 16.5. The summed E-state index contributed by atoms with van der Waals surface area (Å²) in [6, 6.07) is 12.3. The zero-order valence-electron chi connectivity index (χ0n) is 19.7. The molecule has 3 heterocycles. The molecule has 0 aliphatic carbocycles. The lowest BCUT2D eigenvalue weighted by Crippen LogP contribution is -2.38. The number of thioether (sulfide) groups is 1. The molecule has 1 amide bonds. The predicted molar refractivity (Wildman–Crippen MR) is 132 cm³/mol. The third kappa shape index (κ3) is 4.95. The van der Waals surface area contributed by atoms with E-state index < -0.39 is 0 Å². The van der Waals surface area contributed by atoms with Gasteiger partial charge in [-0.25, -0.2) is 0 Å². The summed E-state index contributed by atoms with van der Waals surface area (Å²) in [5.41, 5.74) is 3.44. The van der Waals surface area contributed by atoms with Crippen molar-refractivity contribution in [1.29, 1.82) is 5.26 Å². The van der Waals surface area contributed by atoms with E-state index >= 15 is 0 Å². The number of benzene rings is 1. The van der Waals surface area contributed by atoms with Crippen LogP contribution < -0.4 is 10.2 Å². The molecule has 0 atom stereocenters. The number of amides is 1. The zero-order valence-corrected chi connectivity index (χ0v) is 20.6. The van der Waals surface area contributed by atoms with Gasteiger partial charge < -0.3 is 19.5 Å². The molecule has 0 bridgehead atoms. The van der Waals surface area contributed by atoms with Crippen molar-refractivity contribution in [3.63, 3.8) is 0 Å². The summed E-state index contributed by atoms with van der Waals surface area (Å²) in [6.45, 7) is 10.1. The van der Waals surface area contributed by atoms with E-state index in [-0.39, 0.29) is 11.7 Å². The lowest BCUT2D eigenvalue weighted by Gasteiger charge is -2.27. The van der Waals surface area contributed by atoms with Crippen LogP contribution in [-0.2, 0) is 22.6 Å². The number of carbonyl (C=O) groups excluding carboxylic acids is 1. The maximum absolute atomic E-state index is 12.9. The molecule has 178 valence electrons. The molecule has 1 fully saturated rings. The first kappa shape index (κ1) is 23.9. The highest BCUT2D eigenvalue weighted by Gasteiger charge is 2.22. The standard InChI is InChI=1S/C24H29N7O2S/c1-4-30-23(29-10-12-33-13-11-29)27-28-24(30)34-16-21(32)26-22-20(14-25)17(2)18(3)31(22)15-19-8-6-5-7-9-19/h5-9H,4,10-13,15-16H2,1-3H3,(H,26,32). The molecule has 0 saturated carbocycles. The SMILES string of the molecule is CCn1c(SCC(=O)Nc2c(C#N)c(C)c(C)n2Cc2ccccc2)nnc1N1CCOCC1. The van der Waals surface area contributed by atoms with Crippen LogP contribution in [-0.4, -0.2) is 57.3 Å².